The highest BCUT2D eigenvalue weighted by Gasteiger charge is 2.08. The van der Waals surface area contributed by atoms with E-state index in [2.05, 4.69) is 11.8 Å². The summed E-state index contributed by atoms with van der Waals surface area (Å²) in [5.41, 5.74) is 1.21. The van der Waals surface area contributed by atoms with Crippen LogP contribution in [0.4, 0.5) is 8.78 Å². The lowest BCUT2D eigenvalue weighted by molar-refractivity contribution is 0.151. The SMILES string of the molecule is FC([18F])c1cc(Cl)cc(C#Cc2ccccc2)c1. The highest BCUT2D eigenvalue weighted by molar-refractivity contribution is 6.30. The predicted octanol–water partition coefficient (Wildman–Crippen LogP) is 4.68. The van der Waals surface area contributed by atoms with Crippen LogP contribution in [0.3, 0.4) is 0 Å². The first-order valence-electron chi connectivity index (χ1n) is 5.31. The Morgan fingerprint density at radius 2 is 1.56 bits per heavy atom. The average molecular weight is 262 g/mol. The van der Waals surface area contributed by atoms with Gasteiger partial charge in [0, 0.05) is 21.7 Å². The van der Waals surface area contributed by atoms with E-state index in [1.54, 1.807) is 6.07 Å². The summed E-state index contributed by atoms with van der Waals surface area (Å²) >= 11 is 5.77. The number of hydrogen-bond donors (Lipinski definition) is 0. The van der Waals surface area contributed by atoms with Gasteiger partial charge in [0.05, 0.1) is 0 Å². The fourth-order valence-electron chi connectivity index (χ4n) is 1.48. The minimum atomic E-state index is -2.54. The summed E-state index contributed by atoms with van der Waals surface area (Å²) in [4.78, 5) is 0. The van der Waals surface area contributed by atoms with Gasteiger partial charge >= 0.3 is 0 Å². The molecule has 3 heteroatoms. The first kappa shape index (κ1) is 12.6. The van der Waals surface area contributed by atoms with Gasteiger partial charge in [-0.3, -0.25) is 0 Å². The molecule has 0 saturated heterocycles. The summed E-state index contributed by atoms with van der Waals surface area (Å²) in [5.74, 6) is 5.73. The minimum absolute atomic E-state index is 0.111. The van der Waals surface area contributed by atoms with Crippen molar-refractivity contribution < 1.29 is 8.78 Å². The number of halogens is 3. The largest absolute Gasteiger partial charge is 0.263 e. The van der Waals surface area contributed by atoms with Crippen LogP contribution in [0.5, 0.6) is 0 Å². The van der Waals surface area contributed by atoms with Gasteiger partial charge in [-0.2, -0.15) is 0 Å². The van der Waals surface area contributed by atoms with Gasteiger partial charge in [0.15, 0.2) is 0 Å². The summed E-state index contributed by atoms with van der Waals surface area (Å²) in [6.45, 7) is 0. The maximum atomic E-state index is 12.6. The Balaban J connectivity index is 2.33. The standard InChI is InChI=1S/C15H9ClF2/c16-14-9-12(8-13(10-14)15(17)18)7-6-11-4-2-1-3-5-11/h1-5,8-10,15H/i17-1. The van der Waals surface area contributed by atoms with E-state index in [0.29, 0.717) is 5.56 Å². The maximum Gasteiger partial charge on any atom is 0.263 e. The Bertz CT molecular complexity index is 595. The van der Waals surface area contributed by atoms with Crippen LogP contribution in [0.1, 0.15) is 23.1 Å². The van der Waals surface area contributed by atoms with Crippen LogP contribution in [-0.4, -0.2) is 0 Å². The van der Waals surface area contributed by atoms with Crippen molar-refractivity contribution in [2.75, 3.05) is 0 Å². The molecule has 0 bridgehead atoms. The molecule has 0 N–H and O–H groups in total. The Morgan fingerprint density at radius 3 is 2.22 bits per heavy atom. The van der Waals surface area contributed by atoms with Crippen molar-refractivity contribution in [2.45, 2.75) is 6.43 Å². The third-order valence-corrected chi connectivity index (χ3v) is 2.52. The van der Waals surface area contributed by atoms with Crippen LogP contribution in [0, 0.1) is 11.8 Å². The molecule has 0 aliphatic rings. The molecule has 90 valence electrons. The Labute approximate surface area is 109 Å². The first-order chi connectivity index (χ1) is 8.65. The fourth-order valence-corrected chi connectivity index (χ4v) is 1.72. The molecule has 0 aliphatic heterocycles. The van der Waals surface area contributed by atoms with E-state index in [9.17, 15) is 8.78 Å². The van der Waals surface area contributed by atoms with E-state index in [4.69, 9.17) is 11.6 Å². The van der Waals surface area contributed by atoms with Crippen molar-refractivity contribution in [2.24, 2.45) is 0 Å². The van der Waals surface area contributed by atoms with E-state index in [-0.39, 0.29) is 10.6 Å². The lowest BCUT2D eigenvalue weighted by Gasteiger charge is -2.01. The third-order valence-electron chi connectivity index (χ3n) is 2.30. The van der Waals surface area contributed by atoms with Gasteiger partial charge in [0.2, 0.25) is 0 Å². The van der Waals surface area contributed by atoms with E-state index < -0.39 is 6.43 Å². The zero-order valence-corrected chi connectivity index (χ0v) is 10.1. The summed E-state index contributed by atoms with van der Waals surface area (Å²) in [7, 11) is 0. The summed E-state index contributed by atoms with van der Waals surface area (Å²) in [6.07, 6.45) is -2.54. The molecular weight excluding hydrogens is 253 g/mol. The molecule has 0 radical (unpaired) electrons. The second kappa shape index (κ2) is 5.66. The maximum absolute atomic E-state index is 12.6. The first-order valence-corrected chi connectivity index (χ1v) is 5.68. The van der Waals surface area contributed by atoms with Gasteiger partial charge in [-0.1, -0.05) is 41.6 Å². The van der Waals surface area contributed by atoms with Gasteiger partial charge in [-0.25, -0.2) is 8.78 Å². The molecule has 0 aromatic heterocycles. The molecule has 2 aromatic carbocycles. The molecule has 2 aromatic rings. The Morgan fingerprint density at radius 1 is 0.889 bits per heavy atom. The summed E-state index contributed by atoms with van der Waals surface area (Å²) < 4.78 is 25.2. The molecule has 0 aliphatic carbocycles. The van der Waals surface area contributed by atoms with E-state index in [1.165, 1.54) is 12.1 Å². The van der Waals surface area contributed by atoms with E-state index in [0.717, 1.165) is 5.56 Å². The Hall–Kier alpha value is -1.85. The molecule has 0 heterocycles. The average Bonchev–Trinajstić information content (AvgIpc) is 2.37. The van der Waals surface area contributed by atoms with Crippen LogP contribution >= 0.6 is 11.6 Å². The molecule has 0 fully saturated rings. The number of benzene rings is 2. The molecular formula is C15H9ClF2. The molecule has 1 atom stereocenters. The van der Waals surface area contributed by atoms with Crippen molar-refractivity contribution in [1.82, 2.24) is 0 Å². The lowest BCUT2D eigenvalue weighted by Crippen LogP contribution is -1.86. The number of alkyl halides is 2. The second-order valence-electron chi connectivity index (χ2n) is 3.69. The normalized spacial score (nSPS) is 11.5. The van der Waals surface area contributed by atoms with E-state index in [1.807, 2.05) is 30.3 Å². The fraction of sp³-hybridized carbons (Fsp3) is 0.0667. The zero-order chi connectivity index (χ0) is 13.0. The highest BCUT2D eigenvalue weighted by atomic mass is 35.5. The van der Waals surface area contributed by atoms with Crippen molar-refractivity contribution in [3.05, 3.63) is 70.2 Å². The lowest BCUT2D eigenvalue weighted by atomic mass is 10.1. The van der Waals surface area contributed by atoms with Gasteiger partial charge in [-0.05, 0) is 30.3 Å². The topological polar surface area (TPSA) is 0 Å². The van der Waals surface area contributed by atoms with Gasteiger partial charge in [0.25, 0.3) is 6.43 Å². The molecule has 0 spiro atoms. The second-order valence-corrected chi connectivity index (χ2v) is 4.13. The quantitative estimate of drug-likeness (QED) is 0.654. The van der Waals surface area contributed by atoms with Crippen LogP contribution in [0.25, 0.3) is 0 Å². The highest BCUT2D eigenvalue weighted by Crippen LogP contribution is 2.23. The van der Waals surface area contributed by atoms with Crippen molar-refractivity contribution in [3.8, 4) is 11.8 Å². The molecule has 0 amide bonds. The molecule has 1 unspecified atom stereocenters. The van der Waals surface area contributed by atoms with Gasteiger partial charge < -0.3 is 0 Å². The Kier molecular flexibility index (Phi) is 3.96. The predicted molar refractivity (Wildman–Crippen MR) is 68.8 cm³/mol. The van der Waals surface area contributed by atoms with Crippen molar-refractivity contribution in [3.63, 3.8) is 0 Å². The number of hydrogen-bond acceptors (Lipinski definition) is 0. The smallest absolute Gasteiger partial charge is 0.205 e. The van der Waals surface area contributed by atoms with Crippen LogP contribution < -0.4 is 0 Å². The van der Waals surface area contributed by atoms with Crippen molar-refractivity contribution in [1.29, 1.82) is 0 Å². The summed E-state index contributed by atoms with van der Waals surface area (Å²) in [5, 5.41) is 0.269. The van der Waals surface area contributed by atoms with Crippen LogP contribution in [0.2, 0.25) is 5.02 Å². The monoisotopic (exact) mass is 261 g/mol. The van der Waals surface area contributed by atoms with E-state index >= 15 is 0 Å². The van der Waals surface area contributed by atoms with Crippen LogP contribution in [-0.2, 0) is 0 Å². The van der Waals surface area contributed by atoms with Crippen molar-refractivity contribution >= 4 is 11.6 Å². The number of rotatable bonds is 1. The molecule has 0 saturated carbocycles. The molecule has 2 rings (SSSR count). The third kappa shape index (κ3) is 3.32. The molecule has 18 heavy (non-hydrogen) atoms. The summed E-state index contributed by atoms with van der Waals surface area (Å²) in [6, 6.07) is 13.5. The van der Waals surface area contributed by atoms with Gasteiger partial charge in [0.1, 0.15) is 0 Å². The van der Waals surface area contributed by atoms with Crippen LogP contribution in [0.15, 0.2) is 48.5 Å². The zero-order valence-electron chi connectivity index (χ0n) is 9.33. The van der Waals surface area contributed by atoms with Gasteiger partial charge in [-0.15, -0.1) is 0 Å². The molecule has 0 nitrogen and oxygen atoms in total. The minimum Gasteiger partial charge on any atom is -0.205 e.